The maximum atomic E-state index is 12.5. The molecule has 0 aliphatic carbocycles. The molecule has 0 bridgehead atoms. The molecule has 1 fully saturated rings. The molecule has 0 saturated carbocycles. The van der Waals surface area contributed by atoms with Gasteiger partial charge >= 0.3 is 0 Å². The maximum Gasteiger partial charge on any atom is 0.242 e. The van der Waals surface area contributed by atoms with Crippen molar-refractivity contribution in [3.05, 3.63) is 24.0 Å². The van der Waals surface area contributed by atoms with E-state index in [1.165, 1.54) is 18.4 Å². The SMILES string of the molecule is CCCCn1c(CCC(=O)NCC(C)N2CCOCC2)nc2cc(S(=O)(=O)N(C)C)ccc21. The third-order valence-electron chi connectivity index (χ3n) is 6.15. The molecule has 3 rings (SSSR count). The van der Waals surface area contributed by atoms with Crippen LogP contribution in [0.3, 0.4) is 0 Å². The van der Waals surface area contributed by atoms with Crippen molar-refractivity contribution >= 4 is 27.0 Å². The normalized spacial score (nSPS) is 16.4. The zero-order valence-corrected chi connectivity index (χ0v) is 21.0. The minimum absolute atomic E-state index is 0.0000756. The van der Waals surface area contributed by atoms with Gasteiger partial charge in [-0.1, -0.05) is 13.3 Å². The van der Waals surface area contributed by atoms with Crippen molar-refractivity contribution in [3.63, 3.8) is 0 Å². The van der Waals surface area contributed by atoms with Crippen LogP contribution < -0.4 is 5.32 Å². The van der Waals surface area contributed by atoms with E-state index in [1.807, 2.05) is 6.07 Å². The van der Waals surface area contributed by atoms with Gasteiger partial charge in [0.25, 0.3) is 0 Å². The van der Waals surface area contributed by atoms with Gasteiger partial charge in [0, 0.05) is 59.2 Å². The fraction of sp³-hybridized carbons (Fsp3) is 0.652. The molecule has 0 spiro atoms. The van der Waals surface area contributed by atoms with Crippen molar-refractivity contribution in [1.82, 2.24) is 24.1 Å². The average molecular weight is 480 g/mol. The Balaban J connectivity index is 1.69. The number of morpholine rings is 1. The number of fused-ring (bicyclic) bond motifs is 1. The first kappa shape index (κ1) is 25.6. The first-order chi connectivity index (χ1) is 15.7. The molecule has 33 heavy (non-hydrogen) atoms. The Hall–Kier alpha value is -2.01. The van der Waals surface area contributed by atoms with Crippen LogP contribution in [-0.4, -0.2) is 86.1 Å². The molecule has 1 aliphatic heterocycles. The number of nitrogens with zero attached hydrogens (tertiary/aromatic N) is 4. The highest BCUT2D eigenvalue weighted by atomic mass is 32.2. The van der Waals surface area contributed by atoms with E-state index in [9.17, 15) is 13.2 Å². The lowest BCUT2D eigenvalue weighted by atomic mass is 10.2. The summed E-state index contributed by atoms with van der Waals surface area (Å²) in [5, 5.41) is 3.04. The smallest absolute Gasteiger partial charge is 0.242 e. The highest BCUT2D eigenvalue weighted by Crippen LogP contribution is 2.23. The minimum Gasteiger partial charge on any atom is -0.379 e. The number of rotatable bonds is 11. The van der Waals surface area contributed by atoms with Gasteiger partial charge in [0.2, 0.25) is 15.9 Å². The minimum atomic E-state index is -3.53. The number of carbonyl (C=O) groups is 1. The summed E-state index contributed by atoms with van der Waals surface area (Å²) in [6.45, 7) is 8.91. The second-order valence-corrected chi connectivity index (χ2v) is 10.9. The number of hydrogen-bond donors (Lipinski definition) is 1. The molecular weight excluding hydrogens is 442 g/mol. The van der Waals surface area contributed by atoms with Gasteiger partial charge in [-0.05, 0) is 31.5 Å². The molecule has 1 unspecified atom stereocenters. The predicted molar refractivity (Wildman–Crippen MR) is 129 cm³/mol. The number of ether oxygens (including phenoxy) is 1. The van der Waals surface area contributed by atoms with Crippen LogP contribution in [0.25, 0.3) is 11.0 Å². The number of nitrogens with one attached hydrogen (secondary N) is 1. The molecule has 1 atom stereocenters. The van der Waals surface area contributed by atoms with Crippen molar-refractivity contribution in [1.29, 1.82) is 0 Å². The zero-order valence-electron chi connectivity index (χ0n) is 20.2. The van der Waals surface area contributed by atoms with Crippen LogP contribution in [0.5, 0.6) is 0 Å². The fourth-order valence-electron chi connectivity index (χ4n) is 4.01. The Bertz CT molecular complexity index is 1040. The third-order valence-corrected chi connectivity index (χ3v) is 7.96. The van der Waals surface area contributed by atoms with Crippen molar-refractivity contribution in [2.75, 3.05) is 46.9 Å². The molecule has 1 N–H and O–H groups in total. The summed E-state index contributed by atoms with van der Waals surface area (Å²) in [6, 6.07) is 5.34. The van der Waals surface area contributed by atoms with Crippen LogP contribution in [0, 0.1) is 0 Å². The van der Waals surface area contributed by atoms with Crippen molar-refractivity contribution in [2.24, 2.45) is 0 Å². The maximum absolute atomic E-state index is 12.5. The van der Waals surface area contributed by atoms with Gasteiger partial charge < -0.3 is 14.6 Å². The summed E-state index contributed by atoms with van der Waals surface area (Å²) < 4.78 is 33.8. The van der Waals surface area contributed by atoms with E-state index >= 15 is 0 Å². The Morgan fingerprint density at radius 2 is 2.00 bits per heavy atom. The van der Waals surface area contributed by atoms with Crippen molar-refractivity contribution < 1.29 is 17.9 Å². The second-order valence-electron chi connectivity index (χ2n) is 8.77. The topological polar surface area (TPSA) is 96.8 Å². The summed E-state index contributed by atoms with van der Waals surface area (Å²) in [5.41, 5.74) is 1.54. The zero-order chi connectivity index (χ0) is 24.0. The summed E-state index contributed by atoms with van der Waals surface area (Å²) in [6.07, 6.45) is 2.87. The highest BCUT2D eigenvalue weighted by molar-refractivity contribution is 7.89. The molecule has 1 aromatic carbocycles. The number of hydrogen-bond acceptors (Lipinski definition) is 6. The molecule has 1 saturated heterocycles. The molecule has 9 nitrogen and oxygen atoms in total. The van der Waals surface area contributed by atoms with Crippen LogP contribution in [0.4, 0.5) is 0 Å². The number of amides is 1. The van der Waals surface area contributed by atoms with Crippen LogP contribution in [-0.2, 0) is 32.5 Å². The van der Waals surface area contributed by atoms with E-state index in [1.54, 1.807) is 12.1 Å². The Kier molecular flexibility index (Phi) is 8.86. The molecule has 10 heteroatoms. The van der Waals surface area contributed by atoms with E-state index in [-0.39, 0.29) is 16.8 Å². The Labute approximate surface area is 197 Å². The van der Waals surface area contributed by atoms with Crippen LogP contribution in [0.1, 0.15) is 38.9 Å². The third kappa shape index (κ3) is 6.32. The number of sulfonamides is 1. The fourth-order valence-corrected chi connectivity index (χ4v) is 4.93. The number of imidazole rings is 1. The van der Waals surface area contributed by atoms with Crippen LogP contribution >= 0.6 is 0 Å². The van der Waals surface area contributed by atoms with Gasteiger partial charge in [-0.3, -0.25) is 9.69 Å². The quantitative estimate of drug-likeness (QED) is 0.528. The summed E-state index contributed by atoms with van der Waals surface area (Å²) in [4.78, 5) is 19.8. The van der Waals surface area contributed by atoms with Gasteiger partial charge in [-0.15, -0.1) is 0 Å². The van der Waals surface area contributed by atoms with Crippen LogP contribution in [0.15, 0.2) is 23.1 Å². The number of unbranched alkanes of at least 4 members (excludes halogenated alkanes) is 1. The molecule has 1 aliphatic rings. The van der Waals surface area contributed by atoms with Gasteiger partial charge in [-0.2, -0.15) is 0 Å². The monoisotopic (exact) mass is 479 g/mol. The van der Waals surface area contributed by atoms with Gasteiger partial charge in [-0.25, -0.2) is 17.7 Å². The second kappa shape index (κ2) is 11.4. The van der Waals surface area contributed by atoms with Gasteiger partial charge in [0.15, 0.2) is 0 Å². The van der Waals surface area contributed by atoms with E-state index < -0.39 is 10.0 Å². The Morgan fingerprint density at radius 1 is 1.27 bits per heavy atom. The average Bonchev–Trinajstić information content (AvgIpc) is 3.16. The predicted octanol–water partition coefficient (Wildman–Crippen LogP) is 1.86. The number of carbonyl (C=O) groups excluding carboxylic acids is 1. The summed E-state index contributed by atoms with van der Waals surface area (Å²) in [5.74, 6) is 0.814. The van der Waals surface area contributed by atoms with Crippen molar-refractivity contribution in [3.8, 4) is 0 Å². The summed E-state index contributed by atoms with van der Waals surface area (Å²) in [7, 11) is -0.497. The van der Waals surface area contributed by atoms with Crippen LogP contribution in [0.2, 0.25) is 0 Å². The number of benzene rings is 1. The lowest BCUT2D eigenvalue weighted by Crippen LogP contribution is -2.47. The first-order valence-corrected chi connectivity index (χ1v) is 13.2. The number of aryl methyl sites for hydroxylation is 2. The number of aromatic nitrogens is 2. The molecule has 184 valence electrons. The Morgan fingerprint density at radius 3 is 2.67 bits per heavy atom. The van der Waals surface area contributed by atoms with Gasteiger partial charge in [0.05, 0.1) is 29.1 Å². The summed E-state index contributed by atoms with van der Waals surface area (Å²) >= 11 is 0. The molecule has 2 heterocycles. The molecule has 0 radical (unpaired) electrons. The molecular formula is C23H37N5O4S. The van der Waals surface area contributed by atoms with E-state index in [0.717, 1.165) is 57.0 Å². The largest absolute Gasteiger partial charge is 0.379 e. The molecule has 1 amide bonds. The van der Waals surface area contributed by atoms with Crippen molar-refractivity contribution in [2.45, 2.75) is 57.0 Å². The lowest BCUT2D eigenvalue weighted by molar-refractivity contribution is -0.121. The standard InChI is InChI=1S/C23H37N5O4S/c1-5-6-11-28-21-8-7-19(33(30,31)26(3)4)16-20(21)25-22(28)9-10-23(29)24-17-18(2)27-12-14-32-15-13-27/h7-8,16,18H,5-6,9-15,17H2,1-4H3,(H,24,29). The van der Waals surface area contributed by atoms with Gasteiger partial charge in [0.1, 0.15) is 5.82 Å². The lowest BCUT2D eigenvalue weighted by Gasteiger charge is -2.32. The molecule has 1 aromatic heterocycles. The molecule has 2 aromatic rings. The van der Waals surface area contributed by atoms with E-state index in [0.29, 0.717) is 24.9 Å². The van der Waals surface area contributed by atoms with E-state index in [2.05, 4.69) is 28.6 Å². The first-order valence-electron chi connectivity index (χ1n) is 11.7. The highest BCUT2D eigenvalue weighted by Gasteiger charge is 2.21. The van der Waals surface area contributed by atoms with E-state index in [4.69, 9.17) is 9.72 Å².